The molecule has 2 heterocycles. The standard InChI is InChI=1S/C23H24N6O3/c1-17-21(25-29(24-17)19-12-7-4-8-13-19)23(32)28-15-9-14-27(28)20(30)16-26(2)22(31)18-10-5-3-6-11-18/h3-8,10-13H,9,14-16H2,1-2H3. The number of nitrogens with zero attached hydrogens (tertiary/aromatic N) is 6. The van der Waals surface area contributed by atoms with Crippen molar-refractivity contribution in [2.45, 2.75) is 13.3 Å². The van der Waals surface area contributed by atoms with Crippen molar-refractivity contribution >= 4 is 17.7 Å². The molecule has 164 valence electrons. The molecule has 9 heteroatoms. The van der Waals surface area contributed by atoms with Crippen molar-refractivity contribution in [3.63, 3.8) is 0 Å². The third-order valence-electron chi connectivity index (χ3n) is 5.27. The van der Waals surface area contributed by atoms with Crippen LogP contribution in [0.15, 0.2) is 60.7 Å². The van der Waals surface area contributed by atoms with Crippen molar-refractivity contribution in [1.29, 1.82) is 0 Å². The number of aryl methyl sites for hydroxylation is 1. The molecule has 0 unspecified atom stereocenters. The maximum Gasteiger partial charge on any atom is 0.294 e. The molecule has 1 aliphatic heterocycles. The maximum atomic E-state index is 13.2. The van der Waals surface area contributed by atoms with Gasteiger partial charge in [0.05, 0.1) is 11.4 Å². The number of benzene rings is 2. The smallest absolute Gasteiger partial charge is 0.294 e. The first-order valence-corrected chi connectivity index (χ1v) is 10.4. The lowest BCUT2D eigenvalue weighted by atomic mass is 10.2. The van der Waals surface area contributed by atoms with E-state index < -0.39 is 0 Å². The van der Waals surface area contributed by atoms with Gasteiger partial charge < -0.3 is 4.90 Å². The molecule has 1 saturated heterocycles. The molecule has 0 bridgehead atoms. The summed E-state index contributed by atoms with van der Waals surface area (Å²) >= 11 is 0. The first-order chi connectivity index (χ1) is 15.5. The van der Waals surface area contributed by atoms with E-state index in [1.807, 2.05) is 36.4 Å². The number of hydrogen-bond acceptors (Lipinski definition) is 5. The van der Waals surface area contributed by atoms with E-state index in [-0.39, 0.29) is 30.0 Å². The fraction of sp³-hybridized carbons (Fsp3) is 0.261. The Morgan fingerprint density at radius 2 is 1.53 bits per heavy atom. The van der Waals surface area contributed by atoms with Crippen LogP contribution in [0.25, 0.3) is 5.69 Å². The molecule has 0 atom stereocenters. The minimum absolute atomic E-state index is 0.132. The molecule has 1 aliphatic rings. The predicted molar refractivity (Wildman–Crippen MR) is 117 cm³/mol. The van der Waals surface area contributed by atoms with E-state index in [1.165, 1.54) is 19.7 Å². The average Bonchev–Trinajstić information content (AvgIpc) is 3.46. The predicted octanol–water partition coefficient (Wildman–Crippen LogP) is 1.94. The van der Waals surface area contributed by atoms with Crippen LogP contribution in [-0.2, 0) is 4.79 Å². The minimum atomic E-state index is -0.382. The van der Waals surface area contributed by atoms with Gasteiger partial charge in [0.1, 0.15) is 6.54 Å². The number of rotatable bonds is 5. The lowest BCUT2D eigenvalue weighted by molar-refractivity contribution is -0.141. The maximum absolute atomic E-state index is 13.2. The summed E-state index contributed by atoms with van der Waals surface area (Å²) in [6.07, 6.45) is 0.652. The van der Waals surface area contributed by atoms with Gasteiger partial charge in [-0.2, -0.15) is 9.90 Å². The van der Waals surface area contributed by atoms with Crippen LogP contribution in [0.1, 0.15) is 33.0 Å². The number of para-hydroxylation sites is 1. The summed E-state index contributed by atoms with van der Waals surface area (Å²) in [6.45, 7) is 2.39. The van der Waals surface area contributed by atoms with Crippen molar-refractivity contribution in [2.75, 3.05) is 26.7 Å². The summed E-state index contributed by atoms with van der Waals surface area (Å²) in [4.78, 5) is 41.5. The molecule has 0 saturated carbocycles. The van der Waals surface area contributed by atoms with Gasteiger partial charge in [0, 0.05) is 25.7 Å². The van der Waals surface area contributed by atoms with E-state index >= 15 is 0 Å². The molecule has 4 rings (SSSR count). The Kier molecular flexibility index (Phi) is 5.98. The SMILES string of the molecule is Cc1nn(-c2ccccc2)nc1C(=O)N1CCCN1C(=O)CN(C)C(=O)c1ccccc1. The van der Waals surface area contributed by atoms with Crippen LogP contribution < -0.4 is 0 Å². The molecule has 2 aromatic carbocycles. The minimum Gasteiger partial charge on any atom is -0.332 e. The van der Waals surface area contributed by atoms with E-state index in [1.54, 1.807) is 38.2 Å². The van der Waals surface area contributed by atoms with E-state index in [0.29, 0.717) is 30.8 Å². The van der Waals surface area contributed by atoms with Gasteiger partial charge in [-0.15, -0.1) is 5.10 Å². The first-order valence-electron chi connectivity index (χ1n) is 10.4. The zero-order valence-corrected chi connectivity index (χ0v) is 18.0. The van der Waals surface area contributed by atoms with Gasteiger partial charge in [0.15, 0.2) is 5.69 Å². The average molecular weight is 432 g/mol. The number of hydrazine groups is 1. The van der Waals surface area contributed by atoms with Gasteiger partial charge >= 0.3 is 0 Å². The fourth-order valence-corrected chi connectivity index (χ4v) is 3.62. The fourth-order valence-electron chi connectivity index (χ4n) is 3.62. The second-order valence-electron chi connectivity index (χ2n) is 7.58. The summed E-state index contributed by atoms with van der Waals surface area (Å²) in [5.74, 6) is -0.957. The third kappa shape index (κ3) is 4.22. The molecule has 32 heavy (non-hydrogen) atoms. The van der Waals surface area contributed by atoms with Crippen molar-refractivity contribution in [1.82, 2.24) is 29.9 Å². The normalized spacial score (nSPS) is 13.3. The Morgan fingerprint density at radius 3 is 2.22 bits per heavy atom. The Balaban J connectivity index is 1.47. The molecular formula is C23H24N6O3. The van der Waals surface area contributed by atoms with Crippen molar-refractivity contribution in [3.8, 4) is 5.69 Å². The highest BCUT2D eigenvalue weighted by Crippen LogP contribution is 2.17. The summed E-state index contributed by atoms with van der Waals surface area (Å²) < 4.78 is 0. The molecular weight excluding hydrogens is 408 g/mol. The lowest BCUT2D eigenvalue weighted by Gasteiger charge is -2.29. The van der Waals surface area contributed by atoms with Crippen LogP contribution in [0.3, 0.4) is 0 Å². The molecule has 1 aromatic heterocycles. The number of amides is 3. The number of carbonyl (C=O) groups excluding carboxylic acids is 3. The van der Waals surface area contributed by atoms with Gasteiger partial charge in [-0.05, 0) is 37.6 Å². The zero-order valence-electron chi connectivity index (χ0n) is 18.0. The quantitative estimate of drug-likeness (QED) is 0.615. The van der Waals surface area contributed by atoms with E-state index in [0.717, 1.165) is 5.69 Å². The highest BCUT2D eigenvalue weighted by Gasteiger charge is 2.34. The van der Waals surface area contributed by atoms with Crippen molar-refractivity contribution in [2.24, 2.45) is 0 Å². The number of aromatic nitrogens is 3. The second kappa shape index (κ2) is 9.01. The van der Waals surface area contributed by atoms with Crippen LogP contribution in [0.5, 0.6) is 0 Å². The summed E-state index contributed by atoms with van der Waals surface area (Å²) in [5, 5.41) is 11.5. The number of hydrogen-bond donors (Lipinski definition) is 0. The lowest BCUT2D eigenvalue weighted by Crippen LogP contribution is -2.49. The number of carbonyl (C=O) groups is 3. The van der Waals surface area contributed by atoms with Gasteiger partial charge in [0.25, 0.3) is 17.7 Å². The van der Waals surface area contributed by atoms with Gasteiger partial charge in [-0.25, -0.2) is 10.0 Å². The molecule has 1 fully saturated rings. The molecule has 3 aromatic rings. The topological polar surface area (TPSA) is 91.6 Å². The monoisotopic (exact) mass is 432 g/mol. The third-order valence-corrected chi connectivity index (χ3v) is 5.27. The van der Waals surface area contributed by atoms with E-state index in [2.05, 4.69) is 10.2 Å². The number of likely N-dealkylation sites (N-methyl/N-ethyl adjacent to an activating group) is 1. The highest BCUT2D eigenvalue weighted by molar-refractivity contribution is 5.97. The van der Waals surface area contributed by atoms with Gasteiger partial charge in [-0.3, -0.25) is 14.4 Å². The molecule has 3 amide bonds. The first kappa shape index (κ1) is 21.2. The van der Waals surface area contributed by atoms with Crippen LogP contribution in [0, 0.1) is 6.92 Å². The van der Waals surface area contributed by atoms with Crippen LogP contribution in [-0.4, -0.2) is 74.3 Å². The largest absolute Gasteiger partial charge is 0.332 e. The van der Waals surface area contributed by atoms with Crippen LogP contribution >= 0.6 is 0 Å². The molecule has 0 spiro atoms. The van der Waals surface area contributed by atoms with Gasteiger partial charge in [-0.1, -0.05) is 36.4 Å². The molecule has 9 nitrogen and oxygen atoms in total. The van der Waals surface area contributed by atoms with E-state index in [9.17, 15) is 14.4 Å². The Hall–Kier alpha value is -4.01. The summed E-state index contributed by atoms with van der Waals surface area (Å²) in [7, 11) is 1.57. The molecule has 0 radical (unpaired) electrons. The van der Waals surface area contributed by atoms with Crippen molar-refractivity contribution < 1.29 is 14.4 Å². The molecule has 0 aliphatic carbocycles. The summed E-state index contributed by atoms with van der Waals surface area (Å²) in [6, 6.07) is 18.1. The molecule has 0 N–H and O–H groups in total. The Bertz CT molecular complexity index is 1130. The second-order valence-corrected chi connectivity index (χ2v) is 7.58. The van der Waals surface area contributed by atoms with E-state index in [4.69, 9.17) is 0 Å². The Labute approximate surface area is 185 Å². The Morgan fingerprint density at radius 1 is 0.906 bits per heavy atom. The zero-order chi connectivity index (χ0) is 22.7. The highest BCUT2D eigenvalue weighted by atomic mass is 16.2. The summed E-state index contributed by atoms with van der Waals surface area (Å²) in [5.41, 5.74) is 1.92. The van der Waals surface area contributed by atoms with Crippen LogP contribution in [0.2, 0.25) is 0 Å². The van der Waals surface area contributed by atoms with Gasteiger partial charge in [0.2, 0.25) is 0 Å². The van der Waals surface area contributed by atoms with Crippen molar-refractivity contribution in [3.05, 3.63) is 77.6 Å². The van der Waals surface area contributed by atoms with Crippen LogP contribution in [0.4, 0.5) is 0 Å².